The van der Waals surface area contributed by atoms with Crippen molar-refractivity contribution in [2.45, 2.75) is 44.7 Å². The van der Waals surface area contributed by atoms with Crippen LogP contribution in [0.15, 0.2) is 30.5 Å². The average molecular weight is 366 g/mol. The van der Waals surface area contributed by atoms with E-state index in [0.29, 0.717) is 6.42 Å². The topological polar surface area (TPSA) is 67.3 Å². The van der Waals surface area contributed by atoms with E-state index in [1.165, 1.54) is 5.56 Å². The van der Waals surface area contributed by atoms with E-state index in [1.54, 1.807) is 7.11 Å². The van der Waals surface area contributed by atoms with Crippen LogP contribution in [0.2, 0.25) is 0 Å². The molecule has 1 amide bonds. The second-order valence-electron chi connectivity index (χ2n) is 7.22. The first kappa shape index (κ1) is 17.9. The van der Waals surface area contributed by atoms with Crippen molar-refractivity contribution in [3.8, 4) is 5.75 Å². The Hall–Kier alpha value is -2.47. The van der Waals surface area contributed by atoms with Crippen molar-refractivity contribution in [2.24, 2.45) is 0 Å². The van der Waals surface area contributed by atoms with E-state index in [-0.39, 0.29) is 11.9 Å². The summed E-state index contributed by atoms with van der Waals surface area (Å²) in [6, 6.07) is 7.94. The van der Waals surface area contributed by atoms with Crippen LogP contribution in [0.5, 0.6) is 5.75 Å². The van der Waals surface area contributed by atoms with E-state index in [9.17, 15) is 4.79 Å². The van der Waals surface area contributed by atoms with Gasteiger partial charge in [0.15, 0.2) is 5.82 Å². The first-order chi connectivity index (χ1) is 13.2. The quantitative estimate of drug-likeness (QED) is 0.880. The number of aromatic nitrogens is 2. The maximum Gasteiger partial charge on any atom is 0.223 e. The van der Waals surface area contributed by atoms with Gasteiger partial charge in [0.1, 0.15) is 5.75 Å². The van der Waals surface area contributed by atoms with E-state index in [0.717, 1.165) is 68.1 Å². The number of rotatable bonds is 5. The molecule has 0 spiro atoms. The van der Waals surface area contributed by atoms with Crippen LogP contribution in [0, 0.1) is 0 Å². The predicted octanol–water partition coefficient (Wildman–Crippen LogP) is 2.43. The molecule has 0 saturated carbocycles. The number of benzene rings is 1. The lowest BCUT2D eigenvalue weighted by Crippen LogP contribution is -2.32. The third-order valence-corrected chi connectivity index (χ3v) is 5.48. The number of fused-ring (bicyclic) bond motifs is 1. The molecule has 1 N–H and O–H groups in total. The van der Waals surface area contributed by atoms with E-state index < -0.39 is 0 Å². The van der Waals surface area contributed by atoms with Gasteiger partial charge < -0.3 is 15.0 Å². The summed E-state index contributed by atoms with van der Waals surface area (Å²) < 4.78 is 5.19. The molecule has 3 heterocycles. The van der Waals surface area contributed by atoms with Gasteiger partial charge >= 0.3 is 0 Å². The Bertz CT molecular complexity index is 806. The number of nitrogens with zero attached hydrogens (tertiary/aromatic N) is 3. The van der Waals surface area contributed by atoms with Crippen LogP contribution in [-0.2, 0) is 24.2 Å². The number of carbonyl (C=O) groups is 1. The summed E-state index contributed by atoms with van der Waals surface area (Å²) in [7, 11) is 1.66. The summed E-state index contributed by atoms with van der Waals surface area (Å²) in [6.45, 7) is 2.59. The second kappa shape index (κ2) is 8.05. The van der Waals surface area contributed by atoms with Crippen molar-refractivity contribution in [3.05, 3.63) is 53.1 Å². The molecule has 6 nitrogen and oxygen atoms in total. The molecule has 6 heteroatoms. The van der Waals surface area contributed by atoms with E-state index in [4.69, 9.17) is 9.72 Å². The molecule has 1 fully saturated rings. The summed E-state index contributed by atoms with van der Waals surface area (Å²) in [5.74, 6) is 1.84. The molecular formula is C21H26N4O2. The Morgan fingerprint density at radius 1 is 1.33 bits per heavy atom. The molecule has 2 aliphatic heterocycles. The zero-order valence-corrected chi connectivity index (χ0v) is 15.8. The third-order valence-electron chi connectivity index (χ3n) is 5.48. The molecular weight excluding hydrogens is 340 g/mol. The minimum Gasteiger partial charge on any atom is -0.497 e. The number of ether oxygens (including phenoxy) is 1. The first-order valence-electron chi connectivity index (χ1n) is 9.72. The SMILES string of the molecule is COc1ccc(CCC(=O)N2CCCC2c2ncc3c(n2)CCNC3)cc1. The van der Waals surface area contributed by atoms with E-state index in [2.05, 4.69) is 10.3 Å². The Morgan fingerprint density at radius 3 is 3.00 bits per heavy atom. The Labute approximate surface area is 160 Å². The molecule has 1 aromatic heterocycles. The van der Waals surface area contributed by atoms with E-state index in [1.807, 2.05) is 35.4 Å². The summed E-state index contributed by atoms with van der Waals surface area (Å²) in [5.41, 5.74) is 3.47. The minimum atomic E-state index is 0.0218. The van der Waals surface area contributed by atoms with Gasteiger partial charge in [-0.2, -0.15) is 0 Å². The first-order valence-corrected chi connectivity index (χ1v) is 9.72. The Balaban J connectivity index is 1.42. The number of hydrogen-bond acceptors (Lipinski definition) is 5. The molecule has 1 aromatic carbocycles. The number of methoxy groups -OCH3 is 1. The van der Waals surface area contributed by atoms with Gasteiger partial charge in [-0.25, -0.2) is 9.97 Å². The fraction of sp³-hybridized carbons (Fsp3) is 0.476. The van der Waals surface area contributed by atoms with Crippen LogP contribution in [0.1, 0.15) is 47.9 Å². The molecule has 0 aliphatic carbocycles. The maximum absolute atomic E-state index is 12.8. The minimum absolute atomic E-state index is 0.0218. The Morgan fingerprint density at radius 2 is 2.19 bits per heavy atom. The van der Waals surface area contributed by atoms with Crippen LogP contribution in [0.25, 0.3) is 0 Å². The summed E-state index contributed by atoms with van der Waals surface area (Å²) in [4.78, 5) is 24.2. The lowest BCUT2D eigenvalue weighted by Gasteiger charge is -2.25. The summed E-state index contributed by atoms with van der Waals surface area (Å²) in [6.07, 6.45) is 6.08. The van der Waals surface area contributed by atoms with Crippen molar-refractivity contribution in [3.63, 3.8) is 0 Å². The van der Waals surface area contributed by atoms with Crippen molar-refractivity contribution in [1.29, 1.82) is 0 Å². The van der Waals surface area contributed by atoms with Gasteiger partial charge in [0.25, 0.3) is 0 Å². The number of likely N-dealkylation sites (tertiary alicyclic amines) is 1. The molecule has 4 rings (SSSR count). The summed E-state index contributed by atoms with van der Waals surface area (Å²) in [5, 5.41) is 3.34. The Kier molecular flexibility index (Phi) is 5.34. The highest BCUT2D eigenvalue weighted by Gasteiger charge is 2.32. The number of nitrogens with one attached hydrogen (secondary N) is 1. The van der Waals surface area contributed by atoms with Crippen molar-refractivity contribution in [1.82, 2.24) is 20.2 Å². The van der Waals surface area contributed by atoms with Gasteiger partial charge in [0, 0.05) is 49.9 Å². The fourth-order valence-electron chi connectivity index (χ4n) is 3.93. The van der Waals surface area contributed by atoms with Gasteiger partial charge in [-0.05, 0) is 37.0 Å². The van der Waals surface area contributed by atoms with Gasteiger partial charge in [-0.15, -0.1) is 0 Å². The zero-order valence-electron chi connectivity index (χ0n) is 15.8. The van der Waals surface area contributed by atoms with Crippen molar-refractivity contribution >= 4 is 5.91 Å². The highest BCUT2D eigenvalue weighted by Crippen LogP contribution is 2.31. The monoisotopic (exact) mass is 366 g/mol. The normalized spacial score (nSPS) is 19.0. The molecule has 27 heavy (non-hydrogen) atoms. The average Bonchev–Trinajstić information content (AvgIpc) is 3.22. The third kappa shape index (κ3) is 3.95. The fourth-order valence-corrected chi connectivity index (χ4v) is 3.93. The van der Waals surface area contributed by atoms with Crippen LogP contribution in [-0.4, -0.2) is 41.0 Å². The number of aryl methyl sites for hydroxylation is 1. The number of amides is 1. The lowest BCUT2D eigenvalue weighted by molar-refractivity contribution is -0.132. The van der Waals surface area contributed by atoms with Crippen LogP contribution in [0.3, 0.4) is 0 Å². The largest absolute Gasteiger partial charge is 0.497 e. The standard InChI is InChI=1S/C21H26N4O2/c1-27-17-7-4-15(5-8-17)6-9-20(26)25-12-2-3-19(25)21-23-14-16-13-22-11-10-18(16)24-21/h4-5,7-8,14,19,22H,2-3,6,9-13H2,1H3. The smallest absolute Gasteiger partial charge is 0.223 e. The van der Waals surface area contributed by atoms with Crippen LogP contribution in [0.4, 0.5) is 0 Å². The molecule has 1 unspecified atom stereocenters. The molecule has 1 atom stereocenters. The highest BCUT2D eigenvalue weighted by atomic mass is 16.5. The number of carbonyl (C=O) groups excluding carboxylic acids is 1. The van der Waals surface area contributed by atoms with E-state index >= 15 is 0 Å². The van der Waals surface area contributed by atoms with Crippen LogP contribution < -0.4 is 10.1 Å². The lowest BCUT2D eigenvalue weighted by atomic mass is 10.1. The molecule has 0 bridgehead atoms. The molecule has 0 radical (unpaired) electrons. The highest BCUT2D eigenvalue weighted by molar-refractivity contribution is 5.77. The summed E-state index contributed by atoms with van der Waals surface area (Å²) >= 11 is 0. The zero-order chi connectivity index (χ0) is 18.6. The van der Waals surface area contributed by atoms with Gasteiger partial charge in [-0.3, -0.25) is 4.79 Å². The molecule has 2 aromatic rings. The predicted molar refractivity (Wildman–Crippen MR) is 102 cm³/mol. The van der Waals surface area contributed by atoms with Crippen LogP contribution >= 0.6 is 0 Å². The van der Waals surface area contributed by atoms with Gasteiger partial charge in [0.05, 0.1) is 13.2 Å². The number of hydrogen-bond donors (Lipinski definition) is 1. The van der Waals surface area contributed by atoms with Crippen molar-refractivity contribution in [2.75, 3.05) is 20.2 Å². The maximum atomic E-state index is 12.8. The second-order valence-corrected chi connectivity index (χ2v) is 7.22. The van der Waals surface area contributed by atoms with Crippen molar-refractivity contribution < 1.29 is 9.53 Å². The molecule has 142 valence electrons. The van der Waals surface area contributed by atoms with Gasteiger partial charge in [-0.1, -0.05) is 12.1 Å². The molecule has 1 saturated heterocycles. The molecule has 2 aliphatic rings. The van der Waals surface area contributed by atoms with Gasteiger partial charge in [0.2, 0.25) is 5.91 Å².